The van der Waals surface area contributed by atoms with E-state index in [1.165, 1.54) is 4.88 Å². The van der Waals surface area contributed by atoms with Gasteiger partial charge in [0, 0.05) is 21.3 Å². The van der Waals surface area contributed by atoms with E-state index < -0.39 is 0 Å². The first-order chi connectivity index (χ1) is 7.16. The molecule has 0 aromatic carbocycles. The maximum atomic E-state index is 11.2. The van der Waals surface area contributed by atoms with E-state index in [0.717, 1.165) is 30.4 Å². The van der Waals surface area contributed by atoms with Crippen LogP contribution in [0.25, 0.3) is 0 Å². The number of rotatable bonds is 3. The summed E-state index contributed by atoms with van der Waals surface area (Å²) in [5.74, 6) is -0.192. The van der Waals surface area contributed by atoms with Gasteiger partial charge >= 0.3 is 0 Å². The van der Waals surface area contributed by atoms with Crippen molar-refractivity contribution in [2.75, 3.05) is 6.54 Å². The lowest BCUT2D eigenvalue weighted by Gasteiger charge is -2.20. The Balaban J connectivity index is 2.02. The van der Waals surface area contributed by atoms with E-state index in [1.807, 2.05) is 0 Å². The van der Waals surface area contributed by atoms with Gasteiger partial charge in [-0.15, -0.1) is 11.3 Å². The van der Waals surface area contributed by atoms with Gasteiger partial charge in [-0.2, -0.15) is 0 Å². The standard InChI is InChI=1S/C10H13BrN2OS/c11-7-4-8(15-6-7)5-13-3-1-2-9(13)10(12)14/h4,6,9H,1-3,5H2,(H2,12,14)/t9-/m0/s1. The van der Waals surface area contributed by atoms with Gasteiger partial charge in [0.2, 0.25) is 5.91 Å². The summed E-state index contributed by atoms with van der Waals surface area (Å²) in [6.45, 7) is 1.81. The molecular formula is C10H13BrN2OS. The fourth-order valence-electron chi connectivity index (χ4n) is 1.97. The third-order valence-corrected chi connectivity index (χ3v) is 4.36. The lowest BCUT2D eigenvalue weighted by atomic mass is 10.2. The molecule has 1 aliphatic rings. The molecule has 0 spiro atoms. The van der Waals surface area contributed by atoms with Gasteiger partial charge in [0.15, 0.2) is 0 Å². The smallest absolute Gasteiger partial charge is 0.234 e. The second kappa shape index (κ2) is 4.63. The summed E-state index contributed by atoms with van der Waals surface area (Å²) in [6, 6.07) is 2.03. The average Bonchev–Trinajstić information content (AvgIpc) is 2.75. The van der Waals surface area contributed by atoms with Gasteiger partial charge in [0.25, 0.3) is 0 Å². The highest BCUT2D eigenvalue weighted by atomic mass is 79.9. The van der Waals surface area contributed by atoms with E-state index in [0.29, 0.717) is 0 Å². The molecular weight excluding hydrogens is 276 g/mol. The molecule has 1 aromatic rings. The number of carbonyl (C=O) groups is 1. The van der Waals surface area contributed by atoms with Crippen molar-refractivity contribution in [3.63, 3.8) is 0 Å². The summed E-state index contributed by atoms with van der Waals surface area (Å²) in [7, 11) is 0. The largest absolute Gasteiger partial charge is 0.368 e. The van der Waals surface area contributed by atoms with Crippen molar-refractivity contribution in [1.29, 1.82) is 0 Å². The Kier molecular flexibility index (Phi) is 3.43. The van der Waals surface area contributed by atoms with Crippen LogP contribution in [0, 0.1) is 0 Å². The predicted molar refractivity (Wildman–Crippen MR) is 64.6 cm³/mol. The van der Waals surface area contributed by atoms with Crippen molar-refractivity contribution in [2.24, 2.45) is 5.73 Å². The van der Waals surface area contributed by atoms with Gasteiger partial charge in [-0.3, -0.25) is 9.69 Å². The van der Waals surface area contributed by atoms with Crippen LogP contribution in [0.2, 0.25) is 0 Å². The molecule has 2 rings (SSSR count). The number of primary amides is 1. The molecule has 0 unspecified atom stereocenters. The maximum Gasteiger partial charge on any atom is 0.234 e. The quantitative estimate of drug-likeness (QED) is 0.924. The van der Waals surface area contributed by atoms with Crippen LogP contribution in [0.4, 0.5) is 0 Å². The Morgan fingerprint density at radius 3 is 3.13 bits per heavy atom. The monoisotopic (exact) mass is 288 g/mol. The van der Waals surface area contributed by atoms with E-state index in [2.05, 4.69) is 32.3 Å². The van der Waals surface area contributed by atoms with Crippen molar-refractivity contribution >= 4 is 33.2 Å². The van der Waals surface area contributed by atoms with Crippen LogP contribution < -0.4 is 5.73 Å². The molecule has 0 saturated carbocycles. The summed E-state index contributed by atoms with van der Waals surface area (Å²) in [4.78, 5) is 14.6. The van der Waals surface area contributed by atoms with Crippen molar-refractivity contribution in [1.82, 2.24) is 4.90 Å². The zero-order valence-electron chi connectivity index (χ0n) is 8.28. The first-order valence-electron chi connectivity index (χ1n) is 4.93. The fourth-order valence-corrected chi connectivity index (χ4v) is 3.45. The molecule has 3 nitrogen and oxygen atoms in total. The molecule has 1 amide bonds. The molecule has 1 aliphatic heterocycles. The fraction of sp³-hybridized carbons (Fsp3) is 0.500. The van der Waals surface area contributed by atoms with Gasteiger partial charge in [-0.05, 0) is 41.4 Å². The number of halogens is 1. The number of hydrogen-bond acceptors (Lipinski definition) is 3. The van der Waals surface area contributed by atoms with E-state index in [9.17, 15) is 4.79 Å². The number of amides is 1. The molecule has 15 heavy (non-hydrogen) atoms. The highest BCUT2D eigenvalue weighted by molar-refractivity contribution is 9.10. The SMILES string of the molecule is NC(=O)[C@@H]1CCCN1Cc1cc(Br)cs1. The Morgan fingerprint density at radius 1 is 1.73 bits per heavy atom. The molecule has 1 atom stereocenters. The molecule has 0 bridgehead atoms. The highest BCUT2D eigenvalue weighted by Crippen LogP contribution is 2.25. The van der Waals surface area contributed by atoms with Crippen molar-refractivity contribution < 1.29 is 4.79 Å². The van der Waals surface area contributed by atoms with Crippen molar-refractivity contribution in [3.05, 3.63) is 20.8 Å². The molecule has 0 aliphatic carbocycles. The summed E-state index contributed by atoms with van der Waals surface area (Å²) < 4.78 is 1.11. The number of thiophene rings is 1. The maximum absolute atomic E-state index is 11.2. The van der Waals surface area contributed by atoms with E-state index in [1.54, 1.807) is 11.3 Å². The lowest BCUT2D eigenvalue weighted by Crippen LogP contribution is -2.39. The van der Waals surface area contributed by atoms with Gasteiger partial charge in [0.1, 0.15) is 0 Å². The molecule has 1 aromatic heterocycles. The van der Waals surface area contributed by atoms with Crippen LogP contribution >= 0.6 is 27.3 Å². The molecule has 5 heteroatoms. The Morgan fingerprint density at radius 2 is 2.53 bits per heavy atom. The molecule has 1 saturated heterocycles. The summed E-state index contributed by atoms with van der Waals surface area (Å²) in [5, 5.41) is 2.06. The summed E-state index contributed by atoms with van der Waals surface area (Å²) in [6.07, 6.45) is 1.97. The van der Waals surface area contributed by atoms with Crippen LogP contribution in [0.1, 0.15) is 17.7 Å². The molecule has 82 valence electrons. The van der Waals surface area contributed by atoms with Gasteiger partial charge in [-0.25, -0.2) is 0 Å². The number of hydrogen-bond donors (Lipinski definition) is 1. The predicted octanol–water partition coefficient (Wildman–Crippen LogP) is 1.96. The number of nitrogens with zero attached hydrogens (tertiary/aromatic N) is 1. The van der Waals surface area contributed by atoms with E-state index >= 15 is 0 Å². The number of likely N-dealkylation sites (tertiary alicyclic amines) is 1. The zero-order valence-corrected chi connectivity index (χ0v) is 10.7. The number of nitrogens with two attached hydrogens (primary N) is 1. The normalized spacial score (nSPS) is 22.1. The topological polar surface area (TPSA) is 46.3 Å². The minimum Gasteiger partial charge on any atom is -0.368 e. The first-order valence-corrected chi connectivity index (χ1v) is 6.60. The Bertz CT molecular complexity index is 366. The average molecular weight is 289 g/mol. The summed E-state index contributed by atoms with van der Waals surface area (Å²) in [5.41, 5.74) is 5.36. The number of carbonyl (C=O) groups excluding carboxylic acids is 1. The van der Waals surface area contributed by atoms with Crippen molar-refractivity contribution in [2.45, 2.75) is 25.4 Å². The van der Waals surface area contributed by atoms with Crippen LogP contribution in [-0.4, -0.2) is 23.4 Å². The van der Waals surface area contributed by atoms with Crippen LogP contribution in [-0.2, 0) is 11.3 Å². The third-order valence-electron chi connectivity index (χ3n) is 2.67. The van der Waals surface area contributed by atoms with Crippen LogP contribution in [0.5, 0.6) is 0 Å². The first kappa shape index (κ1) is 11.1. The highest BCUT2D eigenvalue weighted by Gasteiger charge is 2.28. The van der Waals surface area contributed by atoms with Gasteiger partial charge in [0.05, 0.1) is 6.04 Å². The second-order valence-electron chi connectivity index (χ2n) is 3.76. The van der Waals surface area contributed by atoms with E-state index in [4.69, 9.17) is 5.73 Å². The molecule has 1 fully saturated rings. The molecule has 0 radical (unpaired) electrons. The minimum atomic E-state index is -0.192. The van der Waals surface area contributed by atoms with Crippen molar-refractivity contribution in [3.8, 4) is 0 Å². The Hall–Kier alpha value is -0.390. The van der Waals surface area contributed by atoms with E-state index in [-0.39, 0.29) is 11.9 Å². The van der Waals surface area contributed by atoms with Gasteiger partial charge in [-0.1, -0.05) is 0 Å². The van der Waals surface area contributed by atoms with Gasteiger partial charge < -0.3 is 5.73 Å². The molecule has 2 N–H and O–H groups in total. The van der Waals surface area contributed by atoms with Crippen LogP contribution in [0.3, 0.4) is 0 Å². The second-order valence-corrected chi connectivity index (χ2v) is 5.67. The lowest BCUT2D eigenvalue weighted by molar-refractivity contribution is -0.122. The zero-order chi connectivity index (χ0) is 10.8. The Labute approximate surface area is 101 Å². The third kappa shape index (κ3) is 2.59. The van der Waals surface area contributed by atoms with Crippen LogP contribution in [0.15, 0.2) is 15.9 Å². The summed E-state index contributed by atoms with van der Waals surface area (Å²) >= 11 is 5.14. The molecule has 2 heterocycles. The minimum absolute atomic E-state index is 0.0640.